The van der Waals surface area contributed by atoms with Crippen LogP contribution in [0.1, 0.15) is 11.3 Å². The van der Waals surface area contributed by atoms with Crippen molar-refractivity contribution in [2.45, 2.75) is 13.5 Å². The van der Waals surface area contributed by atoms with Crippen molar-refractivity contribution in [2.75, 3.05) is 20.2 Å². The molecule has 5 nitrogen and oxygen atoms in total. The molecule has 0 bridgehead atoms. The number of benzene rings is 1. The number of hydrogen-bond acceptors (Lipinski definition) is 4. The molecular weight excluding hydrogens is 348 g/mol. The van der Waals surface area contributed by atoms with E-state index in [1.54, 1.807) is 0 Å². The highest BCUT2D eigenvalue weighted by molar-refractivity contribution is 6.29. The van der Waals surface area contributed by atoms with Crippen LogP contribution in [0.25, 0.3) is 44.0 Å². The van der Waals surface area contributed by atoms with Gasteiger partial charge in [0, 0.05) is 35.8 Å². The Labute approximate surface area is 163 Å². The van der Waals surface area contributed by atoms with Crippen molar-refractivity contribution in [3.63, 3.8) is 0 Å². The lowest BCUT2D eigenvalue weighted by molar-refractivity contribution is 0.217. The molecule has 2 aromatic carbocycles. The lowest BCUT2D eigenvalue weighted by Crippen LogP contribution is -2.21. The molecule has 0 amide bonds. The summed E-state index contributed by atoms with van der Waals surface area (Å²) in [6.45, 7) is 3.66. The molecule has 5 rings (SSSR count). The predicted octanol–water partition coefficient (Wildman–Crippen LogP) is 4.10. The van der Waals surface area contributed by atoms with Gasteiger partial charge in [-0.2, -0.15) is 0 Å². The second-order valence-corrected chi connectivity index (χ2v) is 7.50. The van der Waals surface area contributed by atoms with E-state index < -0.39 is 0 Å². The van der Waals surface area contributed by atoms with Crippen LogP contribution in [0.15, 0.2) is 48.7 Å². The number of nitrogens with zero attached hydrogens (tertiary/aromatic N) is 3. The number of rotatable bonds is 5. The first-order chi connectivity index (χ1) is 13.6. The summed E-state index contributed by atoms with van der Waals surface area (Å²) in [5.74, 6) is 0. The quantitative estimate of drug-likeness (QED) is 0.489. The average Bonchev–Trinajstić information content (AvgIpc) is 3.24. The van der Waals surface area contributed by atoms with Crippen molar-refractivity contribution in [3.8, 4) is 11.4 Å². The molecule has 3 aromatic heterocycles. The topological polar surface area (TPSA) is 65.0 Å². The van der Waals surface area contributed by atoms with Crippen LogP contribution in [0.2, 0.25) is 0 Å². The summed E-state index contributed by atoms with van der Waals surface area (Å²) in [6.07, 6.45) is 1.96. The van der Waals surface area contributed by atoms with Gasteiger partial charge in [-0.3, -0.25) is 9.88 Å². The fourth-order valence-corrected chi connectivity index (χ4v) is 4.09. The molecule has 140 valence electrons. The van der Waals surface area contributed by atoms with E-state index in [0.717, 1.165) is 29.3 Å². The number of hydrogen-bond donors (Lipinski definition) is 2. The first-order valence-electron chi connectivity index (χ1n) is 9.53. The maximum atomic E-state index is 9.14. The van der Waals surface area contributed by atoms with E-state index in [9.17, 15) is 0 Å². The molecule has 28 heavy (non-hydrogen) atoms. The zero-order valence-electron chi connectivity index (χ0n) is 16.0. The van der Waals surface area contributed by atoms with E-state index in [1.165, 1.54) is 32.5 Å². The minimum atomic E-state index is 0.173. The van der Waals surface area contributed by atoms with E-state index in [2.05, 4.69) is 44.1 Å². The molecule has 2 N–H and O–H groups in total. The number of aliphatic hydroxyl groups excluding tert-OH is 1. The Bertz CT molecular complexity index is 1290. The molecule has 0 atom stereocenters. The number of aromatic amines is 1. The van der Waals surface area contributed by atoms with Gasteiger partial charge in [0.2, 0.25) is 0 Å². The molecule has 5 heteroatoms. The van der Waals surface area contributed by atoms with Gasteiger partial charge in [0.25, 0.3) is 0 Å². The van der Waals surface area contributed by atoms with Crippen LogP contribution in [0.5, 0.6) is 0 Å². The molecule has 0 fully saturated rings. The normalized spacial score (nSPS) is 12.1. The maximum absolute atomic E-state index is 9.14. The summed E-state index contributed by atoms with van der Waals surface area (Å²) < 4.78 is 0. The molecule has 5 aromatic rings. The van der Waals surface area contributed by atoms with Crippen LogP contribution in [0, 0.1) is 6.92 Å². The highest BCUT2D eigenvalue weighted by atomic mass is 16.3. The zero-order chi connectivity index (χ0) is 19.3. The maximum Gasteiger partial charge on any atom is 0.139 e. The van der Waals surface area contributed by atoms with Gasteiger partial charge in [0.15, 0.2) is 0 Å². The summed E-state index contributed by atoms with van der Waals surface area (Å²) in [4.78, 5) is 14.9. The molecule has 0 saturated carbocycles. The Morgan fingerprint density at radius 3 is 2.75 bits per heavy atom. The largest absolute Gasteiger partial charge is 0.395 e. The van der Waals surface area contributed by atoms with Gasteiger partial charge in [0.1, 0.15) is 5.65 Å². The average molecular weight is 370 g/mol. The first-order valence-corrected chi connectivity index (χ1v) is 9.53. The molecule has 0 aliphatic heterocycles. The highest BCUT2D eigenvalue weighted by Gasteiger charge is 2.16. The van der Waals surface area contributed by atoms with E-state index in [4.69, 9.17) is 5.11 Å². The molecule has 0 unspecified atom stereocenters. The van der Waals surface area contributed by atoms with Crippen LogP contribution in [-0.2, 0) is 6.54 Å². The fraction of sp³-hybridized carbons (Fsp3) is 0.217. The first kappa shape index (κ1) is 17.1. The standard InChI is InChI=1S/C23H22N4O/c1-14-4-3-5-20(25-14)21-11-18-16-7-6-15(13-27(2)8-9-28)10-17(16)19-12-24-23(26-21)22(18)19/h3-7,10-12,28H,8-9,13H2,1-2H3,(H,24,26). The number of fused-ring (bicyclic) bond motifs is 3. The third-order valence-electron chi connectivity index (χ3n) is 5.40. The Kier molecular flexibility index (Phi) is 4.00. The Morgan fingerprint density at radius 2 is 1.93 bits per heavy atom. The Balaban J connectivity index is 1.69. The number of aryl methyl sites for hydroxylation is 1. The third-order valence-corrected chi connectivity index (χ3v) is 5.40. The molecule has 0 spiro atoms. The van der Waals surface area contributed by atoms with E-state index >= 15 is 0 Å². The second-order valence-electron chi connectivity index (χ2n) is 7.50. The van der Waals surface area contributed by atoms with Crippen molar-refractivity contribution in [1.82, 2.24) is 19.9 Å². The zero-order valence-corrected chi connectivity index (χ0v) is 16.0. The van der Waals surface area contributed by atoms with Gasteiger partial charge in [-0.15, -0.1) is 0 Å². The van der Waals surface area contributed by atoms with Gasteiger partial charge in [-0.05, 0) is 60.0 Å². The Morgan fingerprint density at radius 1 is 1.04 bits per heavy atom. The number of H-pyrrole nitrogens is 1. The van der Waals surface area contributed by atoms with Crippen LogP contribution in [0.3, 0.4) is 0 Å². The number of aliphatic hydroxyl groups is 1. The van der Waals surface area contributed by atoms with Crippen molar-refractivity contribution in [2.24, 2.45) is 0 Å². The summed E-state index contributed by atoms with van der Waals surface area (Å²) in [5.41, 5.74) is 5.05. The van der Waals surface area contributed by atoms with E-state index in [1.807, 2.05) is 38.4 Å². The molecule has 0 aliphatic rings. The molecule has 0 radical (unpaired) electrons. The molecule has 3 heterocycles. The predicted molar refractivity (Wildman–Crippen MR) is 114 cm³/mol. The van der Waals surface area contributed by atoms with Crippen molar-refractivity contribution in [1.29, 1.82) is 0 Å². The van der Waals surface area contributed by atoms with Gasteiger partial charge >= 0.3 is 0 Å². The molecule has 0 aliphatic carbocycles. The number of nitrogens with one attached hydrogen (secondary N) is 1. The van der Waals surface area contributed by atoms with E-state index in [-0.39, 0.29) is 6.61 Å². The van der Waals surface area contributed by atoms with Crippen molar-refractivity contribution >= 4 is 32.6 Å². The van der Waals surface area contributed by atoms with Crippen LogP contribution >= 0.6 is 0 Å². The van der Waals surface area contributed by atoms with Gasteiger partial charge < -0.3 is 10.1 Å². The molecule has 0 saturated heterocycles. The number of aromatic nitrogens is 3. The van der Waals surface area contributed by atoms with Gasteiger partial charge in [-0.25, -0.2) is 4.98 Å². The van der Waals surface area contributed by atoms with Gasteiger partial charge in [0.05, 0.1) is 18.0 Å². The van der Waals surface area contributed by atoms with Crippen LogP contribution in [-0.4, -0.2) is 45.2 Å². The van der Waals surface area contributed by atoms with Crippen molar-refractivity contribution < 1.29 is 5.11 Å². The van der Waals surface area contributed by atoms with Crippen molar-refractivity contribution in [3.05, 3.63) is 59.9 Å². The third kappa shape index (κ3) is 2.71. The highest BCUT2D eigenvalue weighted by Crippen LogP contribution is 2.39. The van der Waals surface area contributed by atoms with Crippen LogP contribution < -0.4 is 0 Å². The lowest BCUT2D eigenvalue weighted by Gasteiger charge is -2.15. The molecular formula is C23H22N4O. The lowest BCUT2D eigenvalue weighted by atomic mass is 10.1. The number of likely N-dealkylation sites (N-methyl/N-ethyl adjacent to an activating group) is 1. The fourth-order valence-electron chi connectivity index (χ4n) is 4.09. The Hall–Kier alpha value is -3.02. The number of pyridine rings is 2. The summed E-state index contributed by atoms with van der Waals surface area (Å²) >= 11 is 0. The van der Waals surface area contributed by atoms with Crippen LogP contribution in [0.4, 0.5) is 0 Å². The second kappa shape index (κ2) is 6.55. The monoisotopic (exact) mass is 370 g/mol. The summed E-state index contributed by atoms with van der Waals surface area (Å²) in [5, 5.41) is 15.2. The minimum Gasteiger partial charge on any atom is -0.395 e. The minimum absolute atomic E-state index is 0.173. The van der Waals surface area contributed by atoms with Gasteiger partial charge in [-0.1, -0.05) is 18.2 Å². The summed E-state index contributed by atoms with van der Waals surface area (Å²) in [6, 6.07) is 14.9. The summed E-state index contributed by atoms with van der Waals surface area (Å²) in [7, 11) is 2.02. The smallest absolute Gasteiger partial charge is 0.139 e. The van der Waals surface area contributed by atoms with E-state index in [0.29, 0.717) is 6.54 Å². The SMILES string of the molecule is Cc1cccc(-c2cc3c4ccc(CN(C)CCO)cc4c4cnc([nH]2)c43)n1.